The van der Waals surface area contributed by atoms with Crippen LogP contribution in [0.4, 0.5) is 11.8 Å². The number of likely N-dealkylation sites (tertiary alicyclic amines) is 1. The van der Waals surface area contributed by atoms with Gasteiger partial charge in [-0.15, -0.1) is 0 Å². The molecule has 0 unspecified atom stereocenters. The van der Waals surface area contributed by atoms with Crippen molar-refractivity contribution >= 4 is 29.3 Å². The molecule has 116 valence electrons. The number of carbonyl (C=O) groups excluding carboxylic acids is 1. The van der Waals surface area contributed by atoms with E-state index in [1.165, 1.54) is 6.26 Å². The number of furan rings is 1. The van der Waals surface area contributed by atoms with Crippen LogP contribution < -0.4 is 11.1 Å². The number of nitrogens with two attached hydrogens (primary N) is 1. The second-order valence-corrected chi connectivity index (χ2v) is 5.51. The number of nitrogens with zero attached hydrogens (tertiary/aromatic N) is 3. The lowest BCUT2D eigenvalue weighted by atomic mass is 10.0. The molecule has 22 heavy (non-hydrogen) atoms. The van der Waals surface area contributed by atoms with Crippen LogP contribution in [-0.2, 0) is 0 Å². The second-order valence-electron chi connectivity index (χ2n) is 5.12. The molecule has 2 aromatic rings. The molecule has 1 aliphatic heterocycles. The molecule has 1 aliphatic rings. The second kappa shape index (κ2) is 6.23. The molecule has 0 radical (unpaired) electrons. The molecule has 8 heteroatoms. The lowest BCUT2D eigenvalue weighted by Gasteiger charge is -2.32. The zero-order valence-corrected chi connectivity index (χ0v) is 12.6. The summed E-state index contributed by atoms with van der Waals surface area (Å²) in [6.07, 6.45) is 3.13. The number of halogens is 1. The van der Waals surface area contributed by atoms with Crippen molar-refractivity contribution in [3.05, 3.63) is 35.4 Å². The van der Waals surface area contributed by atoms with Crippen LogP contribution in [-0.4, -0.2) is 39.9 Å². The highest BCUT2D eigenvalue weighted by Gasteiger charge is 2.25. The number of rotatable bonds is 3. The van der Waals surface area contributed by atoms with Crippen LogP contribution >= 0.6 is 11.6 Å². The van der Waals surface area contributed by atoms with Gasteiger partial charge in [0.05, 0.1) is 6.26 Å². The Kier molecular flexibility index (Phi) is 4.15. The fraction of sp³-hybridized carbons (Fsp3) is 0.357. The number of nitrogen functional groups attached to an aromatic ring is 1. The van der Waals surface area contributed by atoms with E-state index < -0.39 is 0 Å². The molecule has 7 nitrogen and oxygen atoms in total. The summed E-state index contributed by atoms with van der Waals surface area (Å²) in [6, 6.07) is 5.24. The number of hydrogen-bond donors (Lipinski definition) is 2. The minimum atomic E-state index is -0.0715. The average molecular weight is 322 g/mol. The normalized spacial score (nSPS) is 15.8. The smallest absolute Gasteiger partial charge is 0.289 e. The first-order valence-electron chi connectivity index (χ1n) is 7.01. The molecule has 3 rings (SSSR count). The van der Waals surface area contributed by atoms with Crippen LogP contribution in [0.2, 0.25) is 5.15 Å². The molecular formula is C14H16ClN5O2. The van der Waals surface area contributed by atoms with Crippen molar-refractivity contribution in [2.24, 2.45) is 0 Å². The van der Waals surface area contributed by atoms with Gasteiger partial charge in [-0.1, -0.05) is 11.6 Å². The van der Waals surface area contributed by atoms with Crippen molar-refractivity contribution in [3.63, 3.8) is 0 Å². The van der Waals surface area contributed by atoms with Crippen molar-refractivity contribution < 1.29 is 9.21 Å². The van der Waals surface area contributed by atoms with Gasteiger partial charge >= 0.3 is 0 Å². The Morgan fingerprint density at radius 2 is 2.18 bits per heavy atom. The van der Waals surface area contributed by atoms with Crippen LogP contribution in [0.5, 0.6) is 0 Å². The van der Waals surface area contributed by atoms with Gasteiger partial charge in [0, 0.05) is 25.2 Å². The van der Waals surface area contributed by atoms with Gasteiger partial charge < -0.3 is 20.4 Å². The maximum Gasteiger partial charge on any atom is 0.289 e. The van der Waals surface area contributed by atoms with E-state index in [9.17, 15) is 4.79 Å². The third-order valence-electron chi connectivity index (χ3n) is 3.58. The molecule has 1 saturated heterocycles. The summed E-state index contributed by atoms with van der Waals surface area (Å²) in [7, 11) is 0. The Hall–Kier alpha value is -2.28. The van der Waals surface area contributed by atoms with Gasteiger partial charge in [-0.05, 0) is 25.0 Å². The number of aromatic nitrogens is 2. The monoisotopic (exact) mass is 321 g/mol. The van der Waals surface area contributed by atoms with E-state index in [2.05, 4.69) is 15.3 Å². The summed E-state index contributed by atoms with van der Waals surface area (Å²) in [5.41, 5.74) is 5.57. The largest absolute Gasteiger partial charge is 0.459 e. The van der Waals surface area contributed by atoms with Crippen LogP contribution in [0.1, 0.15) is 23.4 Å². The fourth-order valence-electron chi connectivity index (χ4n) is 2.50. The van der Waals surface area contributed by atoms with E-state index >= 15 is 0 Å². The molecule has 0 bridgehead atoms. The average Bonchev–Trinajstić information content (AvgIpc) is 3.00. The van der Waals surface area contributed by atoms with E-state index in [-0.39, 0.29) is 17.9 Å². The maximum absolute atomic E-state index is 12.2. The molecule has 1 fully saturated rings. The minimum Gasteiger partial charge on any atom is -0.459 e. The van der Waals surface area contributed by atoms with Gasteiger partial charge in [0.1, 0.15) is 11.0 Å². The number of carbonyl (C=O) groups is 1. The minimum absolute atomic E-state index is 0.0715. The molecule has 3 N–H and O–H groups in total. The summed E-state index contributed by atoms with van der Waals surface area (Å²) >= 11 is 5.86. The lowest BCUT2D eigenvalue weighted by Crippen LogP contribution is -2.42. The SMILES string of the molecule is Nc1nc(Cl)cc(NC2CCN(C(=O)c3ccco3)CC2)n1. The topological polar surface area (TPSA) is 97.3 Å². The molecule has 2 aromatic heterocycles. The summed E-state index contributed by atoms with van der Waals surface area (Å²) in [6.45, 7) is 1.32. The molecule has 0 saturated carbocycles. The zero-order chi connectivity index (χ0) is 15.5. The zero-order valence-electron chi connectivity index (χ0n) is 11.8. The first-order chi connectivity index (χ1) is 10.6. The van der Waals surface area contributed by atoms with Gasteiger partial charge in [-0.2, -0.15) is 4.98 Å². The molecule has 0 aliphatic carbocycles. The third-order valence-corrected chi connectivity index (χ3v) is 3.77. The van der Waals surface area contributed by atoms with E-state index in [0.717, 1.165) is 12.8 Å². The first-order valence-corrected chi connectivity index (χ1v) is 7.39. The highest BCUT2D eigenvalue weighted by molar-refractivity contribution is 6.29. The van der Waals surface area contributed by atoms with E-state index in [1.807, 2.05) is 0 Å². The quantitative estimate of drug-likeness (QED) is 0.839. The van der Waals surface area contributed by atoms with Crippen molar-refractivity contribution in [2.45, 2.75) is 18.9 Å². The molecule has 0 aromatic carbocycles. The fourth-order valence-corrected chi connectivity index (χ4v) is 2.69. The first kappa shape index (κ1) is 14.6. The predicted molar refractivity (Wildman–Crippen MR) is 82.7 cm³/mol. The van der Waals surface area contributed by atoms with Crippen LogP contribution in [0.15, 0.2) is 28.9 Å². The van der Waals surface area contributed by atoms with E-state index in [4.69, 9.17) is 21.8 Å². The summed E-state index contributed by atoms with van der Waals surface area (Å²) in [5, 5.41) is 3.59. The van der Waals surface area contributed by atoms with Gasteiger partial charge in [0.15, 0.2) is 5.76 Å². The van der Waals surface area contributed by atoms with Crippen LogP contribution in [0.25, 0.3) is 0 Å². The van der Waals surface area contributed by atoms with Gasteiger partial charge in [-0.3, -0.25) is 4.79 Å². The van der Waals surface area contributed by atoms with Crippen molar-refractivity contribution in [2.75, 3.05) is 24.1 Å². The molecule has 0 spiro atoms. The summed E-state index contributed by atoms with van der Waals surface area (Å²) < 4.78 is 5.15. The van der Waals surface area contributed by atoms with E-state index in [0.29, 0.717) is 29.8 Å². The van der Waals surface area contributed by atoms with Gasteiger partial charge in [-0.25, -0.2) is 4.98 Å². The van der Waals surface area contributed by atoms with Crippen LogP contribution in [0.3, 0.4) is 0 Å². The predicted octanol–water partition coefficient (Wildman–Crippen LogP) is 2.02. The molecule has 3 heterocycles. The third kappa shape index (κ3) is 3.30. The highest BCUT2D eigenvalue weighted by Crippen LogP contribution is 2.19. The van der Waals surface area contributed by atoms with Gasteiger partial charge in [0.2, 0.25) is 5.95 Å². The number of piperidine rings is 1. The Bertz CT molecular complexity index is 633. The van der Waals surface area contributed by atoms with Gasteiger partial charge in [0.25, 0.3) is 5.91 Å². The lowest BCUT2D eigenvalue weighted by molar-refractivity contribution is 0.0686. The van der Waals surface area contributed by atoms with Crippen LogP contribution in [0, 0.1) is 0 Å². The Labute approximate surface area is 132 Å². The number of anilines is 2. The van der Waals surface area contributed by atoms with Crippen molar-refractivity contribution in [3.8, 4) is 0 Å². The number of amides is 1. The maximum atomic E-state index is 12.2. The van der Waals surface area contributed by atoms with E-state index in [1.54, 1.807) is 23.1 Å². The highest BCUT2D eigenvalue weighted by atomic mass is 35.5. The summed E-state index contributed by atoms with van der Waals surface area (Å²) in [4.78, 5) is 21.9. The molecule has 1 amide bonds. The Morgan fingerprint density at radius 3 is 2.82 bits per heavy atom. The molecule has 0 atom stereocenters. The number of nitrogens with one attached hydrogen (secondary N) is 1. The Morgan fingerprint density at radius 1 is 1.41 bits per heavy atom. The van der Waals surface area contributed by atoms with Crippen molar-refractivity contribution in [1.29, 1.82) is 0 Å². The van der Waals surface area contributed by atoms with Crippen molar-refractivity contribution in [1.82, 2.24) is 14.9 Å². The number of hydrogen-bond acceptors (Lipinski definition) is 6. The Balaban J connectivity index is 1.56. The standard InChI is InChI=1S/C14H16ClN5O2/c15-11-8-12(19-14(16)18-11)17-9-3-5-20(6-4-9)13(21)10-2-1-7-22-10/h1-2,7-9H,3-6H2,(H3,16,17,18,19). The molecular weight excluding hydrogens is 306 g/mol. The summed E-state index contributed by atoms with van der Waals surface area (Å²) in [5.74, 6) is 1.05.